The molecule has 0 bridgehead atoms. The van der Waals surface area contributed by atoms with Crippen molar-refractivity contribution >= 4 is 0 Å². The number of alkyl halides is 3. The van der Waals surface area contributed by atoms with Crippen molar-refractivity contribution in [3.8, 4) is 0 Å². The Kier molecular flexibility index (Phi) is 4.67. The summed E-state index contributed by atoms with van der Waals surface area (Å²) in [5, 5.41) is 0. The highest BCUT2D eigenvalue weighted by Gasteiger charge is 2.30. The summed E-state index contributed by atoms with van der Waals surface area (Å²) in [6, 6.07) is 5.15. The number of nitrogens with two attached hydrogens (primary N) is 1. The topological polar surface area (TPSA) is 43.8 Å². The molecule has 3 nitrogen and oxygen atoms in total. The van der Waals surface area contributed by atoms with Gasteiger partial charge in [0.15, 0.2) is 0 Å². The normalized spacial score (nSPS) is 13.4. The molecule has 0 amide bonds. The first-order valence-corrected chi connectivity index (χ1v) is 6.74. The van der Waals surface area contributed by atoms with Crippen LogP contribution in [0.4, 0.5) is 13.2 Å². The van der Waals surface area contributed by atoms with E-state index in [1.165, 1.54) is 12.1 Å². The van der Waals surface area contributed by atoms with Gasteiger partial charge in [0, 0.05) is 31.9 Å². The van der Waals surface area contributed by atoms with Crippen LogP contribution in [0.1, 0.15) is 23.4 Å². The molecule has 1 atom stereocenters. The largest absolute Gasteiger partial charge is 0.416 e. The second-order valence-corrected chi connectivity index (χ2v) is 5.16. The first-order valence-electron chi connectivity index (χ1n) is 6.74. The molecule has 1 unspecified atom stereocenters. The molecule has 0 radical (unpaired) electrons. The van der Waals surface area contributed by atoms with Crippen molar-refractivity contribution in [2.75, 3.05) is 0 Å². The van der Waals surface area contributed by atoms with Crippen molar-refractivity contribution in [2.24, 2.45) is 12.8 Å². The highest BCUT2D eigenvalue weighted by molar-refractivity contribution is 5.26. The van der Waals surface area contributed by atoms with Crippen molar-refractivity contribution in [3.05, 3.63) is 53.6 Å². The molecule has 0 fully saturated rings. The molecular weight excluding hydrogens is 279 g/mol. The van der Waals surface area contributed by atoms with Gasteiger partial charge in [0.05, 0.1) is 5.56 Å². The molecular formula is C15H18F3N3. The number of halogens is 3. The molecule has 2 aromatic rings. The fraction of sp³-hybridized carbons (Fsp3) is 0.400. The Bertz CT molecular complexity index is 590. The predicted molar refractivity (Wildman–Crippen MR) is 74.7 cm³/mol. The van der Waals surface area contributed by atoms with E-state index < -0.39 is 11.7 Å². The molecule has 0 saturated carbocycles. The first-order chi connectivity index (χ1) is 9.86. The van der Waals surface area contributed by atoms with Gasteiger partial charge < -0.3 is 10.3 Å². The number of hydrogen-bond donors (Lipinski definition) is 1. The minimum Gasteiger partial charge on any atom is -0.338 e. The van der Waals surface area contributed by atoms with E-state index in [9.17, 15) is 13.2 Å². The quantitative estimate of drug-likeness (QED) is 0.922. The van der Waals surface area contributed by atoms with E-state index in [1.807, 2.05) is 17.8 Å². The average molecular weight is 297 g/mol. The van der Waals surface area contributed by atoms with Crippen LogP contribution in [-0.2, 0) is 26.1 Å². The molecule has 0 aliphatic rings. The van der Waals surface area contributed by atoms with Crippen LogP contribution in [0.2, 0.25) is 0 Å². The Balaban J connectivity index is 1.93. The summed E-state index contributed by atoms with van der Waals surface area (Å²) in [5.41, 5.74) is 5.99. The molecule has 21 heavy (non-hydrogen) atoms. The van der Waals surface area contributed by atoms with Crippen LogP contribution in [0.25, 0.3) is 0 Å². The van der Waals surface area contributed by atoms with E-state index in [1.54, 1.807) is 12.3 Å². The van der Waals surface area contributed by atoms with Crippen molar-refractivity contribution in [1.29, 1.82) is 0 Å². The van der Waals surface area contributed by atoms with Gasteiger partial charge in [0.25, 0.3) is 0 Å². The number of rotatable bonds is 5. The van der Waals surface area contributed by atoms with E-state index in [4.69, 9.17) is 5.73 Å². The number of imidazole rings is 1. The lowest BCUT2D eigenvalue weighted by molar-refractivity contribution is -0.137. The van der Waals surface area contributed by atoms with Crippen molar-refractivity contribution in [3.63, 3.8) is 0 Å². The lowest BCUT2D eigenvalue weighted by Gasteiger charge is -2.13. The molecule has 2 rings (SSSR count). The van der Waals surface area contributed by atoms with Crippen molar-refractivity contribution in [1.82, 2.24) is 9.55 Å². The third-order valence-electron chi connectivity index (χ3n) is 3.41. The van der Waals surface area contributed by atoms with Gasteiger partial charge in [-0.3, -0.25) is 0 Å². The van der Waals surface area contributed by atoms with E-state index in [0.717, 1.165) is 11.9 Å². The fourth-order valence-corrected chi connectivity index (χ4v) is 2.23. The molecule has 114 valence electrons. The minimum atomic E-state index is -4.31. The number of aryl methyl sites for hydroxylation is 2. The second kappa shape index (κ2) is 6.30. The maximum absolute atomic E-state index is 12.6. The Morgan fingerprint density at radius 3 is 2.71 bits per heavy atom. The molecule has 2 N–H and O–H groups in total. The summed E-state index contributed by atoms with van der Waals surface area (Å²) in [5.74, 6) is 0.925. The Morgan fingerprint density at radius 1 is 1.33 bits per heavy atom. The van der Waals surface area contributed by atoms with Crippen LogP contribution in [0.5, 0.6) is 0 Å². The van der Waals surface area contributed by atoms with Crippen LogP contribution in [-0.4, -0.2) is 15.6 Å². The van der Waals surface area contributed by atoms with E-state index in [-0.39, 0.29) is 6.04 Å². The van der Waals surface area contributed by atoms with Crippen molar-refractivity contribution in [2.45, 2.75) is 31.5 Å². The van der Waals surface area contributed by atoms with Crippen LogP contribution in [0.15, 0.2) is 36.7 Å². The van der Waals surface area contributed by atoms with Crippen LogP contribution >= 0.6 is 0 Å². The van der Waals surface area contributed by atoms with E-state index in [0.29, 0.717) is 24.8 Å². The van der Waals surface area contributed by atoms with E-state index >= 15 is 0 Å². The van der Waals surface area contributed by atoms with Gasteiger partial charge in [-0.1, -0.05) is 18.2 Å². The molecule has 0 spiro atoms. The van der Waals surface area contributed by atoms with Crippen LogP contribution in [0.3, 0.4) is 0 Å². The first kappa shape index (κ1) is 15.6. The van der Waals surface area contributed by atoms with E-state index in [2.05, 4.69) is 4.98 Å². The molecule has 1 aromatic carbocycles. The smallest absolute Gasteiger partial charge is 0.338 e. The summed E-state index contributed by atoms with van der Waals surface area (Å²) >= 11 is 0. The monoisotopic (exact) mass is 297 g/mol. The Labute approximate surface area is 121 Å². The summed E-state index contributed by atoms with van der Waals surface area (Å²) in [6.45, 7) is 0. The van der Waals surface area contributed by atoms with Gasteiger partial charge >= 0.3 is 6.18 Å². The molecule has 1 heterocycles. The van der Waals surface area contributed by atoms with Crippen LogP contribution < -0.4 is 5.73 Å². The van der Waals surface area contributed by atoms with Gasteiger partial charge in [-0.2, -0.15) is 13.2 Å². The molecule has 0 aliphatic carbocycles. The number of hydrogen-bond acceptors (Lipinski definition) is 2. The zero-order valence-electron chi connectivity index (χ0n) is 11.8. The lowest BCUT2D eigenvalue weighted by atomic mass is 10.0. The Hall–Kier alpha value is -1.82. The third kappa shape index (κ3) is 4.32. The standard InChI is InChI=1S/C15H18F3N3/c1-21-8-7-20-14(21)6-5-13(19)10-11-3-2-4-12(9-11)15(16,17)18/h2-4,7-9,13H,5-6,10,19H2,1H3. The minimum absolute atomic E-state index is 0.190. The second-order valence-electron chi connectivity index (χ2n) is 5.16. The average Bonchev–Trinajstić information content (AvgIpc) is 2.81. The summed E-state index contributed by atoms with van der Waals surface area (Å²) in [7, 11) is 1.90. The van der Waals surface area contributed by atoms with Crippen molar-refractivity contribution < 1.29 is 13.2 Å². The maximum Gasteiger partial charge on any atom is 0.416 e. The lowest BCUT2D eigenvalue weighted by Crippen LogP contribution is -2.24. The zero-order valence-corrected chi connectivity index (χ0v) is 11.8. The molecule has 6 heteroatoms. The van der Waals surface area contributed by atoms with Gasteiger partial charge in [-0.15, -0.1) is 0 Å². The Morgan fingerprint density at radius 2 is 2.10 bits per heavy atom. The van der Waals surface area contributed by atoms with Gasteiger partial charge in [-0.05, 0) is 24.5 Å². The van der Waals surface area contributed by atoms with Gasteiger partial charge in [0.2, 0.25) is 0 Å². The number of aromatic nitrogens is 2. The highest BCUT2D eigenvalue weighted by atomic mass is 19.4. The van der Waals surface area contributed by atoms with Crippen LogP contribution in [0, 0.1) is 0 Å². The molecule has 1 aromatic heterocycles. The summed E-state index contributed by atoms with van der Waals surface area (Å²) < 4.78 is 39.8. The number of nitrogens with zero attached hydrogens (tertiary/aromatic N) is 2. The third-order valence-corrected chi connectivity index (χ3v) is 3.41. The number of benzene rings is 1. The SMILES string of the molecule is Cn1ccnc1CCC(N)Cc1cccc(C(F)(F)F)c1. The molecule has 0 aliphatic heterocycles. The van der Waals surface area contributed by atoms with Gasteiger partial charge in [0.1, 0.15) is 5.82 Å². The predicted octanol–water partition coefficient (Wildman–Crippen LogP) is 2.94. The maximum atomic E-state index is 12.6. The zero-order chi connectivity index (χ0) is 15.5. The van der Waals surface area contributed by atoms with Gasteiger partial charge in [-0.25, -0.2) is 4.98 Å². The summed E-state index contributed by atoms with van der Waals surface area (Å²) in [6.07, 6.45) is 1.08. The molecule has 0 saturated heterocycles. The fourth-order valence-electron chi connectivity index (χ4n) is 2.23. The highest BCUT2D eigenvalue weighted by Crippen LogP contribution is 2.29. The summed E-state index contributed by atoms with van der Waals surface area (Å²) in [4.78, 5) is 4.20.